The molecule has 26 heavy (non-hydrogen) atoms. The molecule has 0 aromatic carbocycles. The molecule has 6 nitrogen and oxygen atoms in total. The molecule has 0 saturated carbocycles. The van der Waals surface area contributed by atoms with Crippen molar-refractivity contribution < 1.29 is 14.9 Å². The van der Waals surface area contributed by atoms with E-state index in [4.69, 9.17) is 14.7 Å². The molecule has 3 rings (SSSR count). The number of aromatic nitrogens is 2. The number of aliphatic hydroxyl groups excluding tert-OH is 2. The number of fused-ring (bicyclic) bond motifs is 3. The highest BCUT2D eigenvalue weighted by Crippen LogP contribution is 2.42. The highest BCUT2D eigenvalue weighted by molar-refractivity contribution is 7.99. The van der Waals surface area contributed by atoms with E-state index in [0.717, 1.165) is 39.8 Å². The van der Waals surface area contributed by atoms with Crippen LogP contribution in [0, 0.1) is 0 Å². The zero-order chi connectivity index (χ0) is 18.7. The normalized spacial score (nSPS) is 16.0. The van der Waals surface area contributed by atoms with Gasteiger partial charge in [0.2, 0.25) is 0 Å². The largest absolute Gasteiger partial charge is 0.395 e. The van der Waals surface area contributed by atoms with Gasteiger partial charge in [0.1, 0.15) is 0 Å². The number of nitrogens with zero attached hydrogens (tertiary/aromatic N) is 3. The third-order valence-electron chi connectivity index (χ3n) is 4.34. The standard InChI is InChI=1S/C18H27N3O3S2/c1-4-9-25-17-19-14-12-11-24-18(2,3)10-13(12)26-15(14)16(20-17)21(5-7-22)6-8-23/h22-23H,4-11H2,1-3H3. The van der Waals surface area contributed by atoms with E-state index in [2.05, 4.69) is 20.8 Å². The van der Waals surface area contributed by atoms with Gasteiger partial charge in [-0.3, -0.25) is 0 Å². The lowest BCUT2D eigenvalue weighted by Crippen LogP contribution is -2.31. The Morgan fingerprint density at radius 2 is 1.96 bits per heavy atom. The van der Waals surface area contributed by atoms with Crippen molar-refractivity contribution in [2.45, 2.75) is 51.0 Å². The molecule has 0 radical (unpaired) electrons. The first-order chi connectivity index (χ1) is 12.5. The van der Waals surface area contributed by atoms with Crippen LogP contribution in [0.1, 0.15) is 37.6 Å². The average Bonchev–Trinajstić information content (AvgIpc) is 2.95. The summed E-state index contributed by atoms with van der Waals surface area (Å²) in [5.74, 6) is 1.77. The van der Waals surface area contributed by atoms with E-state index in [1.807, 2.05) is 4.90 Å². The molecule has 0 atom stereocenters. The number of rotatable bonds is 8. The summed E-state index contributed by atoms with van der Waals surface area (Å²) in [6.07, 6.45) is 1.91. The van der Waals surface area contributed by atoms with Gasteiger partial charge in [0.25, 0.3) is 0 Å². The van der Waals surface area contributed by atoms with Gasteiger partial charge in [0, 0.05) is 35.7 Å². The number of thioether (sulfide) groups is 1. The van der Waals surface area contributed by atoms with Crippen LogP contribution in [0.25, 0.3) is 10.2 Å². The van der Waals surface area contributed by atoms with E-state index < -0.39 is 0 Å². The minimum absolute atomic E-state index is 0.0180. The summed E-state index contributed by atoms with van der Waals surface area (Å²) < 4.78 is 7.05. The number of anilines is 1. The molecular formula is C18H27N3O3S2. The Morgan fingerprint density at radius 3 is 2.62 bits per heavy atom. The first kappa shape index (κ1) is 19.8. The molecule has 144 valence electrons. The van der Waals surface area contributed by atoms with Crippen LogP contribution in [0.15, 0.2) is 5.16 Å². The van der Waals surface area contributed by atoms with Crippen molar-refractivity contribution in [3.63, 3.8) is 0 Å². The van der Waals surface area contributed by atoms with Crippen LogP contribution >= 0.6 is 23.1 Å². The SMILES string of the molecule is CCCSc1nc(N(CCO)CCO)c2sc3c(c2n1)COC(C)(C)C3. The molecule has 0 fully saturated rings. The number of hydrogen-bond acceptors (Lipinski definition) is 8. The van der Waals surface area contributed by atoms with Gasteiger partial charge in [-0.1, -0.05) is 18.7 Å². The van der Waals surface area contributed by atoms with Crippen LogP contribution in [-0.4, -0.2) is 57.8 Å². The van der Waals surface area contributed by atoms with Crippen molar-refractivity contribution in [3.8, 4) is 0 Å². The number of ether oxygens (including phenoxy) is 1. The quantitative estimate of drug-likeness (QED) is 0.524. The van der Waals surface area contributed by atoms with E-state index in [1.165, 1.54) is 10.4 Å². The minimum atomic E-state index is -0.170. The maximum atomic E-state index is 9.45. The van der Waals surface area contributed by atoms with Gasteiger partial charge in [0.05, 0.1) is 35.6 Å². The van der Waals surface area contributed by atoms with Crippen LogP contribution in [-0.2, 0) is 17.8 Å². The third-order valence-corrected chi connectivity index (χ3v) is 6.61. The van der Waals surface area contributed by atoms with E-state index in [1.54, 1.807) is 23.1 Å². The van der Waals surface area contributed by atoms with E-state index in [9.17, 15) is 10.2 Å². The number of thiophene rings is 1. The molecule has 0 saturated heterocycles. The van der Waals surface area contributed by atoms with Crippen molar-refractivity contribution >= 4 is 39.1 Å². The molecule has 1 aliphatic heterocycles. The van der Waals surface area contributed by atoms with Gasteiger partial charge in [-0.15, -0.1) is 11.3 Å². The lowest BCUT2D eigenvalue weighted by molar-refractivity contribution is -0.0383. The predicted molar refractivity (Wildman–Crippen MR) is 107 cm³/mol. The molecule has 2 N–H and O–H groups in total. The van der Waals surface area contributed by atoms with Gasteiger partial charge >= 0.3 is 0 Å². The molecule has 0 amide bonds. The Labute approximate surface area is 162 Å². The molecule has 1 aliphatic rings. The molecule has 0 spiro atoms. The Morgan fingerprint density at radius 1 is 1.23 bits per heavy atom. The minimum Gasteiger partial charge on any atom is -0.395 e. The zero-order valence-electron chi connectivity index (χ0n) is 15.6. The summed E-state index contributed by atoms with van der Waals surface area (Å²) in [7, 11) is 0. The van der Waals surface area contributed by atoms with Crippen molar-refractivity contribution in [2.75, 3.05) is 37.0 Å². The first-order valence-electron chi connectivity index (χ1n) is 9.04. The van der Waals surface area contributed by atoms with Crippen LogP contribution < -0.4 is 4.90 Å². The average molecular weight is 398 g/mol. The molecule has 3 heterocycles. The second kappa shape index (κ2) is 8.39. The lowest BCUT2D eigenvalue weighted by Gasteiger charge is -2.29. The number of aliphatic hydroxyl groups is 2. The highest BCUT2D eigenvalue weighted by atomic mass is 32.2. The summed E-state index contributed by atoms with van der Waals surface area (Å²) in [6.45, 7) is 7.84. The Balaban J connectivity index is 2.12. The second-order valence-electron chi connectivity index (χ2n) is 7.02. The van der Waals surface area contributed by atoms with Crippen molar-refractivity contribution in [1.82, 2.24) is 9.97 Å². The topological polar surface area (TPSA) is 78.7 Å². The third kappa shape index (κ3) is 4.14. The molecule has 0 aliphatic carbocycles. The maximum absolute atomic E-state index is 9.45. The first-order valence-corrected chi connectivity index (χ1v) is 10.8. The molecule has 0 bridgehead atoms. The lowest BCUT2D eigenvalue weighted by atomic mass is 9.98. The van der Waals surface area contributed by atoms with Crippen LogP contribution in [0.4, 0.5) is 5.82 Å². The predicted octanol–water partition coefficient (Wildman–Crippen LogP) is 2.84. The van der Waals surface area contributed by atoms with Crippen molar-refractivity contribution in [1.29, 1.82) is 0 Å². The fourth-order valence-electron chi connectivity index (χ4n) is 3.07. The highest BCUT2D eigenvalue weighted by Gasteiger charge is 2.31. The molecule has 8 heteroatoms. The molecule has 2 aromatic rings. The van der Waals surface area contributed by atoms with Crippen LogP contribution in [0.5, 0.6) is 0 Å². The van der Waals surface area contributed by atoms with Gasteiger partial charge in [-0.05, 0) is 20.3 Å². The van der Waals surface area contributed by atoms with Gasteiger partial charge in [-0.2, -0.15) is 0 Å². The monoisotopic (exact) mass is 397 g/mol. The summed E-state index contributed by atoms with van der Waals surface area (Å²) in [6, 6.07) is 0. The fraction of sp³-hybridized carbons (Fsp3) is 0.667. The van der Waals surface area contributed by atoms with E-state index >= 15 is 0 Å². The molecule has 0 unspecified atom stereocenters. The van der Waals surface area contributed by atoms with Gasteiger partial charge in [0.15, 0.2) is 11.0 Å². The maximum Gasteiger partial charge on any atom is 0.190 e. The summed E-state index contributed by atoms with van der Waals surface area (Å²) >= 11 is 3.37. The summed E-state index contributed by atoms with van der Waals surface area (Å²) in [5, 5.41) is 19.6. The van der Waals surface area contributed by atoms with E-state index in [0.29, 0.717) is 19.7 Å². The van der Waals surface area contributed by atoms with Crippen LogP contribution in [0.3, 0.4) is 0 Å². The van der Waals surface area contributed by atoms with Gasteiger partial charge < -0.3 is 19.8 Å². The fourth-order valence-corrected chi connectivity index (χ4v) is 5.24. The Bertz CT molecular complexity index is 758. The van der Waals surface area contributed by atoms with Gasteiger partial charge in [-0.25, -0.2) is 9.97 Å². The number of hydrogen-bond donors (Lipinski definition) is 2. The zero-order valence-corrected chi connectivity index (χ0v) is 17.3. The molecule has 2 aromatic heterocycles. The molecular weight excluding hydrogens is 370 g/mol. The summed E-state index contributed by atoms with van der Waals surface area (Å²) in [5.41, 5.74) is 1.96. The van der Waals surface area contributed by atoms with E-state index in [-0.39, 0.29) is 18.8 Å². The Hall–Kier alpha value is -0.930. The summed E-state index contributed by atoms with van der Waals surface area (Å²) in [4.78, 5) is 12.9. The van der Waals surface area contributed by atoms with Crippen LogP contribution in [0.2, 0.25) is 0 Å². The van der Waals surface area contributed by atoms with Crippen molar-refractivity contribution in [3.05, 3.63) is 10.4 Å². The second-order valence-corrected chi connectivity index (χ2v) is 9.19. The van der Waals surface area contributed by atoms with Crippen molar-refractivity contribution in [2.24, 2.45) is 0 Å². The Kier molecular flexibility index (Phi) is 6.40. The smallest absolute Gasteiger partial charge is 0.190 e.